The van der Waals surface area contributed by atoms with Gasteiger partial charge in [0.05, 0.1) is 6.21 Å². The number of hydrazone groups is 1. The fraction of sp³-hybridized carbons (Fsp3) is 0. The van der Waals surface area contributed by atoms with Crippen LogP contribution in [0.25, 0.3) is 0 Å². The SMILES string of the molecule is Oc1ccc(/C=N/Nc2ccc(Cl)nn2)cc1. The second kappa shape index (κ2) is 5.27. The van der Waals surface area contributed by atoms with Gasteiger partial charge in [0.1, 0.15) is 5.75 Å². The molecule has 0 fully saturated rings. The number of halogens is 1. The summed E-state index contributed by atoms with van der Waals surface area (Å²) in [4.78, 5) is 0. The molecule has 0 aliphatic heterocycles. The highest BCUT2D eigenvalue weighted by Gasteiger charge is 1.92. The molecule has 17 heavy (non-hydrogen) atoms. The number of phenols is 1. The molecule has 2 rings (SSSR count). The van der Waals surface area contributed by atoms with Crippen LogP contribution < -0.4 is 5.43 Å². The van der Waals surface area contributed by atoms with Gasteiger partial charge in [0, 0.05) is 0 Å². The third-order valence-electron chi connectivity index (χ3n) is 1.92. The second-order valence-corrected chi connectivity index (χ2v) is 3.59. The molecule has 6 heteroatoms. The number of nitrogens with one attached hydrogen (secondary N) is 1. The van der Waals surface area contributed by atoms with Crippen molar-refractivity contribution in [1.29, 1.82) is 0 Å². The van der Waals surface area contributed by atoms with Gasteiger partial charge in [0.2, 0.25) is 0 Å². The quantitative estimate of drug-likeness (QED) is 0.646. The van der Waals surface area contributed by atoms with Gasteiger partial charge in [0.25, 0.3) is 0 Å². The summed E-state index contributed by atoms with van der Waals surface area (Å²) in [6.45, 7) is 0. The van der Waals surface area contributed by atoms with E-state index in [2.05, 4.69) is 20.7 Å². The topological polar surface area (TPSA) is 70.4 Å². The Morgan fingerprint density at radius 2 is 1.88 bits per heavy atom. The van der Waals surface area contributed by atoms with Crippen molar-refractivity contribution in [3.63, 3.8) is 0 Å². The Morgan fingerprint density at radius 1 is 1.12 bits per heavy atom. The second-order valence-electron chi connectivity index (χ2n) is 3.20. The molecule has 1 aromatic heterocycles. The zero-order valence-corrected chi connectivity index (χ0v) is 9.46. The van der Waals surface area contributed by atoms with Crippen molar-refractivity contribution >= 4 is 23.6 Å². The normalized spacial score (nSPS) is 10.6. The van der Waals surface area contributed by atoms with Crippen molar-refractivity contribution in [2.45, 2.75) is 0 Å². The van der Waals surface area contributed by atoms with E-state index >= 15 is 0 Å². The Hall–Kier alpha value is -2.14. The average Bonchev–Trinajstić information content (AvgIpc) is 2.34. The number of benzene rings is 1. The Morgan fingerprint density at radius 3 is 2.53 bits per heavy atom. The number of aromatic nitrogens is 2. The largest absolute Gasteiger partial charge is 0.508 e. The third kappa shape index (κ3) is 3.42. The lowest BCUT2D eigenvalue weighted by atomic mass is 10.2. The maximum atomic E-state index is 9.10. The van der Waals surface area contributed by atoms with E-state index in [9.17, 15) is 0 Å². The molecule has 0 unspecified atom stereocenters. The molecule has 0 bridgehead atoms. The van der Waals surface area contributed by atoms with Crippen LogP contribution in [0.15, 0.2) is 41.5 Å². The van der Waals surface area contributed by atoms with Gasteiger partial charge in [-0.3, -0.25) is 5.43 Å². The van der Waals surface area contributed by atoms with E-state index in [1.807, 2.05) is 0 Å². The number of rotatable bonds is 3. The highest BCUT2D eigenvalue weighted by molar-refractivity contribution is 6.29. The van der Waals surface area contributed by atoms with E-state index in [4.69, 9.17) is 16.7 Å². The monoisotopic (exact) mass is 248 g/mol. The van der Waals surface area contributed by atoms with E-state index < -0.39 is 0 Å². The fourth-order valence-electron chi connectivity index (χ4n) is 1.11. The molecule has 0 amide bonds. The number of hydrogen-bond donors (Lipinski definition) is 2. The Kier molecular flexibility index (Phi) is 3.52. The summed E-state index contributed by atoms with van der Waals surface area (Å²) in [7, 11) is 0. The Labute approximate surface area is 103 Å². The highest BCUT2D eigenvalue weighted by Crippen LogP contribution is 2.08. The number of anilines is 1. The third-order valence-corrected chi connectivity index (χ3v) is 2.12. The van der Waals surface area contributed by atoms with Gasteiger partial charge < -0.3 is 5.11 Å². The van der Waals surface area contributed by atoms with Gasteiger partial charge in [-0.15, -0.1) is 10.2 Å². The van der Waals surface area contributed by atoms with Crippen LogP contribution in [0.4, 0.5) is 5.82 Å². The summed E-state index contributed by atoms with van der Waals surface area (Å²) in [5, 5.41) is 20.8. The molecular formula is C11H9ClN4O. The predicted molar refractivity (Wildman–Crippen MR) is 66.4 cm³/mol. The van der Waals surface area contributed by atoms with E-state index in [-0.39, 0.29) is 5.75 Å². The summed E-state index contributed by atoms with van der Waals surface area (Å²) in [6, 6.07) is 9.95. The summed E-state index contributed by atoms with van der Waals surface area (Å²) in [5.74, 6) is 0.725. The van der Waals surface area contributed by atoms with Gasteiger partial charge >= 0.3 is 0 Å². The van der Waals surface area contributed by atoms with E-state index in [1.54, 1.807) is 42.6 Å². The first kappa shape index (κ1) is 11.3. The first-order valence-electron chi connectivity index (χ1n) is 4.81. The molecule has 86 valence electrons. The number of nitrogens with zero attached hydrogens (tertiary/aromatic N) is 3. The maximum absolute atomic E-state index is 9.10. The van der Waals surface area contributed by atoms with E-state index in [1.165, 1.54) is 0 Å². The lowest BCUT2D eigenvalue weighted by Gasteiger charge is -1.97. The minimum Gasteiger partial charge on any atom is -0.508 e. The molecule has 1 aromatic carbocycles. The molecule has 0 atom stereocenters. The van der Waals surface area contributed by atoms with Crippen molar-refractivity contribution in [3.05, 3.63) is 47.1 Å². The van der Waals surface area contributed by atoms with Crippen molar-refractivity contribution in [2.24, 2.45) is 5.10 Å². The van der Waals surface area contributed by atoms with Crippen LogP contribution in [0.3, 0.4) is 0 Å². The average molecular weight is 249 g/mol. The van der Waals surface area contributed by atoms with E-state index in [0.29, 0.717) is 11.0 Å². The minimum absolute atomic E-state index is 0.221. The summed E-state index contributed by atoms with van der Waals surface area (Å²) in [6.07, 6.45) is 1.61. The summed E-state index contributed by atoms with van der Waals surface area (Å²) in [5.41, 5.74) is 3.57. The van der Waals surface area contributed by atoms with Crippen LogP contribution in [0.5, 0.6) is 5.75 Å². The Bertz CT molecular complexity index is 510. The van der Waals surface area contributed by atoms with Gasteiger partial charge in [-0.2, -0.15) is 5.10 Å². The summed E-state index contributed by atoms with van der Waals surface area (Å²) < 4.78 is 0. The molecule has 2 N–H and O–H groups in total. The molecule has 0 aliphatic carbocycles. The minimum atomic E-state index is 0.221. The number of hydrogen-bond acceptors (Lipinski definition) is 5. The maximum Gasteiger partial charge on any atom is 0.168 e. The van der Waals surface area contributed by atoms with Crippen molar-refractivity contribution < 1.29 is 5.11 Å². The van der Waals surface area contributed by atoms with E-state index in [0.717, 1.165) is 5.56 Å². The standard InChI is InChI=1S/C11H9ClN4O/c12-10-5-6-11(16-14-10)15-13-7-8-1-3-9(17)4-2-8/h1-7,17H,(H,15,16)/b13-7+. The van der Waals surface area contributed by atoms with Crippen LogP contribution in [0.2, 0.25) is 5.15 Å². The molecule has 1 heterocycles. The van der Waals surface area contributed by atoms with Crippen LogP contribution in [-0.2, 0) is 0 Å². The molecule has 5 nitrogen and oxygen atoms in total. The van der Waals surface area contributed by atoms with Crippen molar-refractivity contribution in [1.82, 2.24) is 10.2 Å². The number of phenolic OH excluding ortho intramolecular Hbond substituents is 1. The van der Waals surface area contributed by atoms with Gasteiger partial charge in [-0.1, -0.05) is 11.6 Å². The lowest BCUT2D eigenvalue weighted by Crippen LogP contribution is -1.94. The highest BCUT2D eigenvalue weighted by atomic mass is 35.5. The molecular weight excluding hydrogens is 240 g/mol. The van der Waals surface area contributed by atoms with Crippen molar-refractivity contribution in [3.8, 4) is 5.75 Å². The lowest BCUT2D eigenvalue weighted by molar-refractivity contribution is 0.475. The molecule has 0 spiro atoms. The van der Waals surface area contributed by atoms with Crippen LogP contribution in [0, 0.1) is 0 Å². The van der Waals surface area contributed by atoms with Gasteiger partial charge in [0.15, 0.2) is 11.0 Å². The molecule has 0 saturated carbocycles. The van der Waals surface area contributed by atoms with Gasteiger partial charge in [-0.25, -0.2) is 0 Å². The van der Waals surface area contributed by atoms with Crippen LogP contribution in [-0.4, -0.2) is 21.5 Å². The molecule has 2 aromatic rings. The van der Waals surface area contributed by atoms with Crippen molar-refractivity contribution in [2.75, 3.05) is 5.43 Å². The smallest absolute Gasteiger partial charge is 0.168 e. The number of aromatic hydroxyl groups is 1. The fourth-order valence-corrected chi connectivity index (χ4v) is 1.21. The first-order valence-corrected chi connectivity index (χ1v) is 5.19. The molecule has 0 saturated heterocycles. The molecule has 0 radical (unpaired) electrons. The van der Waals surface area contributed by atoms with Crippen LogP contribution in [0.1, 0.15) is 5.56 Å². The Balaban J connectivity index is 1.97. The zero-order valence-electron chi connectivity index (χ0n) is 8.71. The zero-order chi connectivity index (χ0) is 12.1. The van der Waals surface area contributed by atoms with Gasteiger partial charge in [-0.05, 0) is 42.0 Å². The summed E-state index contributed by atoms with van der Waals surface area (Å²) >= 11 is 5.59. The first-order chi connectivity index (χ1) is 8.24. The van der Waals surface area contributed by atoms with Crippen LogP contribution >= 0.6 is 11.6 Å². The predicted octanol–water partition coefficient (Wildman–Crippen LogP) is 2.28. The molecule has 0 aliphatic rings.